The summed E-state index contributed by atoms with van der Waals surface area (Å²) >= 11 is 0. The number of carboxylic acids is 1. The molecule has 1 aromatic carbocycles. The Morgan fingerprint density at radius 2 is 2.20 bits per heavy atom. The quantitative estimate of drug-likeness (QED) is 0.876. The van der Waals surface area contributed by atoms with Crippen molar-refractivity contribution in [3.8, 4) is 0 Å². The minimum atomic E-state index is -0.932. The van der Waals surface area contributed by atoms with E-state index in [1.54, 1.807) is 12.1 Å². The SMILES string of the molecule is Cc1nc2cc(C(=O)O)ccc2n1CC1(CCO)CC1. The van der Waals surface area contributed by atoms with Gasteiger partial charge in [0.1, 0.15) is 5.82 Å². The fourth-order valence-corrected chi connectivity index (χ4v) is 2.82. The molecule has 2 N–H and O–H groups in total. The van der Waals surface area contributed by atoms with E-state index in [0.29, 0.717) is 0 Å². The second-order valence-corrected chi connectivity index (χ2v) is 5.73. The lowest BCUT2D eigenvalue weighted by atomic mass is 10.0. The number of aromatic nitrogens is 2. The molecule has 0 radical (unpaired) electrons. The van der Waals surface area contributed by atoms with Crippen molar-refractivity contribution in [1.29, 1.82) is 0 Å². The van der Waals surface area contributed by atoms with Gasteiger partial charge in [-0.1, -0.05) is 0 Å². The van der Waals surface area contributed by atoms with Crippen LogP contribution in [0.4, 0.5) is 0 Å². The van der Waals surface area contributed by atoms with Gasteiger partial charge in [0.15, 0.2) is 0 Å². The maximum absolute atomic E-state index is 11.0. The highest BCUT2D eigenvalue weighted by Gasteiger charge is 2.42. The van der Waals surface area contributed by atoms with Crippen molar-refractivity contribution in [3.63, 3.8) is 0 Å². The number of aliphatic hydroxyl groups is 1. The highest BCUT2D eigenvalue weighted by Crippen LogP contribution is 2.50. The molecule has 0 unspecified atom stereocenters. The van der Waals surface area contributed by atoms with E-state index < -0.39 is 5.97 Å². The highest BCUT2D eigenvalue weighted by atomic mass is 16.4. The summed E-state index contributed by atoms with van der Waals surface area (Å²) in [7, 11) is 0. The number of aromatic carboxylic acids is 1. The van der Waals surface area contributed by atoms with Gasteiger partial charge in [-0.2, -0.15) is 0 Å². The van der Waals surface area contributed by atoms with Crippen LogP contribution in [0.1, 0.15) is 35.4 Å². The summed E-state index contributed by atoms with van der Waals surface area (Å²) in [6.07, 6.45) is 3.10. The fourth-order valence-electron chi connectivity index (χ4n) is 2.82. The molecule has 5 nitrogen and oxygen atoms in total. The Morgan fingerprint density at radius 3 is 2.80 bits per heavy atom. The van der Waals surface area contributed by atoms with Gasteiger partial charge in [0.2, 0.25) is 0 Å². The molecule has 1 heterocycles. The van der Waals surface area contributed by atoms with Crippen LogP contribution in [0.2, 0.25) is 0 Å². The molecule has 0 amide bonds. The summed E-state index contributed by atoms with van der Waals surface area (Å²) in [5, 5.41) is 18.2. The Morgan fingerprint density at radius 1 is 1.45 bits per heavy atom. The Bertz CT molecular complexity index is 671. The second-order valence-electron chi connectivity index (χ2n) is 5.73. The molecular weight excluding hydrogens is 256 g/mol. The van der Waals surface area contributed by atoms with E-state index in [1.807, 2.05) is 13.0 Å². The van der Waals surface area contributed by atoms with Crippen LogP contribution in [0.25, 0.3) is 11.0 Å². The lowest BCUT2D eigenvalue weighted by Crippen LogP contribution is -2.14. The zero-order valence-electron chi connectivity index (χ0n) is 11.5. The van der Waals surface area contributed by atoms with Crippen LogP contribution in [-0.2, 0) is 6.54 Å². The predicted octanol–water partition coefficient (Wildman–Crippen LogP) is 2.21. The van der Waals surface area contributed by atoms with E-state index >= 15 is 0 Å². The number of hydrogen-bond acceptors (Lipinski definition) is 3. The Labute approximate surface area is 116 Å². The van der Waals surface area contributed by atoms with E-state index in [4.69, 9.17) is 10.2 Å². The number of aliphatic hydroxyl groups excluding tert-OH is 1. The normalized spacial score (nSPS) is 16.5. The number of fused-ring (bicyclic) bond motifs is 1. The first-order valence-corrected chi connectivity index (χ1v) is 6.86. The molecule has 0 atom stereocenters. The van der Waals surface area contributed by atoms with Gasteiger partial charge in [-0.05, 0) is 49.8 Å². The molecule has 1 aliphatic carbocycles. The minimum absolute atomic E-state index is 0.207. The monoisotopic (exact) mass is 274 g/mol. The van der Waals surface area contributed by atoms with E-state index in [1.165, 1.54) is 0 Å². The summed E-state index contributed by atoms with van der Waals surface area (Å²) < 4.78 is 2.14. The molecule has 0 saturated heterocycles. The van der Waals surface area contributed by atoms with Crippen molar-refractivity contribution >= 4 is 17.0 Å². The lowest BCUT2D eigenvalue weighted by Gasteiger charge is -2.16. The molecule has 20 heavy (non-hydrogen) atoms. The zero-order valence-corrected chi connectivity index (χ0v) is 11.5. The van der Waals surface area contributed by atoms with Crippen molar-refractivity contribution in [1.82, 2.24) is 9.55 Å². The number of aryl methyl sites for hydroxylation is 1. The van der Waals surface area contributed by atoms with Gasteiger partial charge < -0.3 is 14.8 Å². The first-order valence-electron chi connectivity index (χ1n) is 6.86. The molecule has 0 aliphatic heterocycles. The van der Waals surface area contributed by atoms with Gasteiger partial charge in [-0.3, -0.25) is 0 Å². The van der Waals surface area contributed by atoms with Crippen LogP contribution in [0.5, 0.6) is 0 Å². The van der Waals surface area contributed by atoms with E-state index in [-0.39, 0.29) is 17.6 Å². The van der Waals surface area contributed by atoms with Gasteiger partial charge in [0, 0.05) is 13.2 Å². The maximum atomic E-state index is 11.0. The Balaban J connectivity index is 1.99. The zero-order chi connectivity index (χ0) is 14.3. The molecule has 1 saturated carbocycles. The van der Waals surface area contributed by atoms with E-state index in [9.17, 15) is 4.79 Å². The number of carboxylic acid groups (broad SMARTS) is 1. The predicted molar refractivity (Wildman–Crippen MR) is 74.8 cm³/mol. The maximum Gasteiger partial charge on any atom is 0.335 e. The number of rotatable bonds is 5. The summed E-state index contributed by atoms with van der Waals surface area (Å²) in [6.45, 7) is 3.01. The first kappa shape index (κ1) is 13.1. The summed E-state index contributed by atoms with van der Waals surface area (Å²) in [6, 6.07) is 5.06. The van der Waals surface area contributed by atoms with Crippen molar-refractivity contribution in [3.05, 3.63) is 29.6 Å². The number of hydrogen-bond donors (Lipinski definition) is 2. The smallest absolute Gasteiger partial charge is 0.335 e. The van der Waals surface area contributed by atoms with Gasteiger partial charge in [0.25, 0.3) is 0 Å². The van der Waals surface area contributed by atoms with E-state index in [2.05, 4.69) is 9.55 Å². The molecule has 106 valence electrons. The Kier molecular flexibility index (Phi) is 3.01. The van der Waals surface area contributed by atoms with Gasteiger partial charge in [-0.25, -0.2) is 9.78 Å². The number of benzene rings is 1. The van der Waals surface area contributed by atoms with Gasteiger partial charge in [-0.15, -0.1) is 0 Å². The fraction of sp³-hybridized carbons (Fsp3) is 0.467. The van der Waals surface area contributed by atoms with Crippen molar-refractivity contribution in [2.24, 2.45) is 5.41 Å². The third kappa shape index (κ3) is 2.18. The second kappa shape index (κ2) is 4.59. The highest BCUT2D eigenvalue weighted by molar-refractivity contribution is 5.92. The van der Waals surface area contributed by atoms with Crippen molar-refractivity contribution in [2.75, 3.05) is 6.61 Å². The molecule has 5 heteroatoms. The Hall–Kier alpha value is -1.88. The number of imidazole rings is 1. The summed E-state index contributed by atoms with van der Waals surface area (Å²) in [4.78, 5) is 15.5. The van der Waals surface area contributed by atoms with Gasteiger partial charge >= 0.3 is 5.97 Å². The third-order valence-corrected chi connectivity index (χ3v) is 4.28. The van der Waals surface area contributed by atoms with Crippen LogP contribution in [-0.4, -0.2) is 32.3 Å². The molecule has 2 aromatic rings. The summed E-state index contributed by atoms with van der Waals surface area (Å²) in [5.74, 6) is -0.0372. The lowest BCUT2D eigenvalue weighted by molar-refractivity contribution is 0.0697. The van der Waals surface area contributed by atoms with Crippen molar-refractivity contribution in [2.45, 2.75) is 32.7 Å². The van der Waals surface area contributed by atoms with Crippen LogP contribution >= 0.6 is 0 Å². The molecule has 1 fully saturated rings. The van der Waals surface area contributed by atoms with Crippen LogP contribution in [0.15, 0.2) is 18.2 Å². The largest absolute Gasteiger partial charge is 0.478 e. The van der Waals surface area contributed by atoms with Crippen LogP contribution in [0, 0.1) is 12.3 Å². The molecule has 1 aromatic heterocycles. The topological polar surface area (TPSA) is 75.3 Å². The molecular formula is C15H18N2O3. The van der Waals surface area contributed by atoms with E-state index in [0.717, 1.165) is 42.7 Å². The average Bonchev–Trinajstić information content (AvgIpc) is 3.09. The number of nitrogens with zero attached hydrogens (tertiary/aromatic N) is 2. The van der Waals surface area contributed by atoms with Crippen molar-refractivity contribution < 1.29 is 15.0 Å². The molecule has 0 bridgehead atoms. The first-order chi connectivity index (χ1) is 9.54. The van der Waals surface area contributed by atoms with Crippen LogP contribution < -0.4 is 0 Å². The molecule has 1 aliphatic rings. The standard InChI is InChI=1S/C15H18N2O3/c1-10-16-12-8-11(14(19)20)2-3-13(12)17(10)9-15(4-5-15)6-7-18/h2-3,8,18H,4-7,9H2,1H3,(H,19,20). The average molecular weight is 274 g/mol. The van der Waals surface area contributed by atoms with Gasteiger partial charge in [0.05, 0.1) is 16.6 Å². The minimum Gasteiger partial charge on any atom is -0.478 e. The summed E-state index contributed by atoms with van der Waals surface area (Å²) in [5.41, 5.74) is 2.16. The molecule has 0 spiro atoms. The third-order valence-electron chi connectivity index (χ3n) is 4.28. The number of carbonyl (C=O) groups is 1. The van der Waals surface area contributed by atoms with Crippen LogP contribution in [0.3, 0.4) is 0 Å². The molecule has 3 rings (SSSR count).